The number of hydrogen-bond donors (Lipinski definition) is 1. The first-order valence-electron chi connectivity index (χ1n) is 9.85. The molecular formula is C20H25N7O2. The second-order valence-electron chi connectivity index (χ2n) is 7.32. The summed E-state index contributed by atoms with van der Waals surface area (Å²) in [6.07, 6.45) is 3.23. The van der Waals surface area contributed by atoms with Crippen molar-refractivity contribution in [1.29, 1.82) is 0 Å². The fourth-order valence-corrected chi connectivity index (χ4v) is 3.53. The maximum atomic E-state index is 12.9. The van der Waals surface area contributed by atoms with Crippen molar-refractivity contribution < 1.29 is 9.53 Å². The second kappa shape index (κ2) is 8.62. The van der Waals surface area contributed by atoms with E-state index < -0.39 is 0 Å². The van der Waals surface area contributed by atoms with Crippen LogP contribution in [0.1, 0.15) is 47.7 Å². The molecule has 9 heteroatoms. The van der Waals surface area contributed by atoms with Crippen LogP contribution in [0.15, 0.2) is 36.8 Å². The Balaban J connectivity index is 1.54. The molecule has 0 aliphatic carbocycles. The van der Waals surface area contributed by atoms with Crippen LogP contribution in [0.4, 0.5) is 0 Å². The number of amides is 1. The van der Waals surface area contributed by atoms with Crippen molar-refractivity contribution in [3.8, 4) is 0 Å². The van der Waals surface area contributed by atoms with Crippen LogP contribution < -0.4 is 5.32 Å². The van der Waals surface area contributed by atoms with Crippen molar-refractivity contribution in [2.24, 2.45) is 0 Å². The SMILES string of the molecule is CC(C)c1cc(C(=O)NC[C@@H](c2ccccn2)N2CCOCC2)nc2ncnn12. The average Bonchev–Trinajstić information content (AvgIpc) is 3.23. The summed E-state index contributed by atoms with van der Waals surface area (Å²) in [5.41, 5.74) is 2.17. The molecule has 0 radical (unpaired) electrons. The lowest BCUT2D eigenvalue weighted by Gasteiger charge is -2.34. The predicted octanol–water partition coefficient (Wildman–Crippen LogP) is 1.45. The number of nitrogens with one attached hydrogen (secondary N) is 1. The molecule has 1 atom stereocenters. The predicted molar refractivity (Wildman–Crippen MR) is 107 cm³/mol. The highest BCUT2D eigenvalue weighted by Crippen LogP contribution is 2.20. The van der Waals surface area contributed by atoms with Crippen molar-refractivity contribution in [1.82, 2.24) is 34.8 Å². The molecule has 3 aromatic heterocycles. The molecule has 0 unspecified atom stereocenters. The molecule has 9 nitrogen and oxygen atoms in total. The fraction of sp³-hybridized carbons (Fsp3) is 0.450. The van der Waals surface area contributed by atoms with Gasteiger partial charge in [-0.1, -0.05) is 19.9 Å². The third-order valence-electron chi connectivity index (χ3n) is 5.08. The van der Waals surface area contributed by atoms with Gasteiger partial charge >= 0.3 is 0 Å². The van der Waals surface area contributed by atoms with Crippen LogP contribution in [0.5, 0.6) is 0 Å². The number of hydrogen-bond acceptors (Lipinski definition) is 7. The lowest BCUT2D eigenvalue weighted by Crippen LogP contribution is -2.44. The first-order chi connectivity index (χ1) is 14.1. The highest BCUT2D eigenvalue weighted by Gasteiger charge is 2.25. The molecule has 1 saturated heterocycles. The number of nitrogens with zero attached hydrogens (tertiary/aromatic N) is 6. The zero-order chi connectivity index (χ0) is 20.2. The van der Waals surface area contributed by atoms with E-state index in [9.17, 15) is 4.79 Å². The van der Waals surface area contributed by atoms with Gasteiger partial charge in [0.25, 0.3) is 11.7 Å². The minimum atomic E-state index is -0.230. The first kappa shape index (κ1) is 19.4. The second-order valence-corrected chi connectivity index (χ2v) is 7.32. The number of fused-ring (bicyclic) bond motifs is 1. The van der Waals surface area contributed by atoms with E-state index in [2.05, 4.69) is 30.3 Å². The molecule has 3 aromatic rings. The normalized spacial score (nSPS) is 16.2. The zero-order valence-electron chi connectivity index (χ0n) is 16.7. The van der Waals surface area contributed by atoms with Gasteiger partial charge in [0, 0.05) is 25.8 Å². The van der Waals surface area contributed by atoms with Gasteiger partial charge in [0.05, 0.1) is 30.6 Å². The van der Waals surface area contributed by atoms with Crippen LogP contribution in [0.2, 0.25) is 0 Å². The van der Waals surface area contributed by atoms with E-state index in [-0.39, 0.29) is 17.9 Å². The number of carbonyl (C=O) groups is 1. The minimum Gasteiger partial charge on any atom is -0.379 e. The molecule has 0 bridgehead atoms. The van der Waals surface area contributed by atoms with Crippen molar-refractivity contribution in [3.63, 3.8) is 0 Å². The van der Waals surface area contributed by atoms with Crippen LogP contribution in [0, 0.1) is 0 Å². The van der Waals surface area contributed by atoms with Gasteiger partial charge in [-0.3, -0.25) is 14.7 Å². The van der Waals surface area contributed by atoms with E-state index in [1.165, 1.54) is 6.33 Å². The van der Waals surface area contributed by atoms with Crippen molar-refractivity contribution in [2.75, 3.05) is 32.8 Å². The van der Waals surface area contributed by atoms with Gasteiger partial charge in [-0.2, -0.15) is 10.1 Å². The molecule has 1 aliphatic rings. The number of ether oxygens (including phenoxy) is 1. The van der Waals surface area contributed by atoms with Crippen LogP contribution >= 0.6 is 0 Å². The molecular weight excluding hydrogens is 370 g/mol. The molecule has 4 rings (SSSR count). The Morgan fingerprint density at radius 1 is 1.24 bits per heavy atom. The molecule has 1 N–H and O–H groups in total. The Morgan fingerprint density at radius 3 is 2.79 bits per heavy atom. The Hall–Kier alpha value is -2.91. The summed E-state index contributed by atoms with van der Waals surface area (Å²) in [7, 11) is 0. The quantitative estimate of drug-likeness (QED) is 0.674. The zero-order valence-corrected chi connectivity index (χ0v) is 16.7. The van der Waals surface area contributed by atoms with Gasteiger partial charge in [0.2, 0.25) is 0 Å². The molecule has 152 valence electrons. The molecule has 1 amide bonds. The summed E-state index contributed by atoms with van der Waals surface area (Å²) in [6, 6.07) is 7.61. The summed E-state index contributed by atoms with van der Waals surface area (Å²) in [4.78, 5) is 28.2. The summed E-state index contributed by atoms with van der Waals surface area (Å²) in [5.74, 6) is 0.380. The van der Waals surface area contributed by atoms with Crippen molar-refractivity contribution in [3.05, 3.63) is 53.9 Å². The Kier molecular flexibility index (Phi) is 5.77. The van der Waals surface area contributed by atoms with E-state index in [0.717, 1.165) is 24.5 Å². The standard InChI is InChI=1S/C20H25N7O2/c1-14(2)17-11-16(25-20-23-13-24-27(17)20)19(28)22-12-18(15-5-3-4-6-21-15)26-7-9-29-10-8-26/h3-6,11,13-14,18H,7-10,12H2,1-2H3,(H,22,28)/t18-/m0/s1. The third-order valence-corrected chi connectivity index (χ3v) is 5.08. The number of rotatable bonds is 6. The first-order valence-corrected chi connectivity index (χ1v) is 9.85. The smallest absolute Gasteiger partial charge is 0.270 e. The van der Waals surface area contributed by atoms with E-state index in [0.29, 0.717) is 31.2 Å². The monoisotopic (exact) mass is 395 g/mol. The number of aromatic nitrogens is 5. The van der Waals surface area contributed by atoms with Gasteiger partial charge < -0.3 is 10.1 Å². The Labute approximate surface area is 169 Å². The Bertz CT molecular complexity index is 967. The maximum absolute atomic E-state index is 12.9. The van der Waals surface area contributed by atoms with Crippen LogP contribution in [-0.2, 0) is 4.74 Å². The lowest BCUT2D eigenvalue weighted by molar-refractivity contribution is 0.0153. The van der Waals surface area contributed by atoms with Gasteiger partial charge in [-0.25, -0.2) is 9.50 Å². The highest BCUT2D eigenvalue weighted by molar-refractivity contribution is 5.92. The lowest BCUT2D eigenvalue weighted by atomic mass is 10.1. The molecule has 1 fully saturated rings. The van der Waals surface area contributed by atoms with Gasteiger partial charge in [0.1, 0.15) is 12.0 Å². The van der Waals surface area contributed by atoms with E-state index >= 15 is 0 Å². The van der Waals surface area contributed by atoms with Gasteiger partial charge in [-0.05, 0) is 24.1 Å². The van der Waals surface area contributed by atoms with Crippen molar-refractivity contribution in [2.45, 2.75) is 25.8 Å². The highest BCUT2D eigenvalue weighted by atomic mass is 16.5. The molecule has 0 saturated carbocycles. The summed E-state index contributed by atoms with van der Waals surface area (Å²) >= 11 is 0. The summed E-state index contributed by atoms with van der Waals surface area (Å²) in [6.45, 7) is 7.51. The van der Waals surface area contributed by atoms with E-state index in [1.54, 1.807) is 16.8 Å². The van der Waals surface area contributed by atoms with Crippen LogP contribution in [0.25, 0.3) is 5.78 Å². The maximum Gasteiger partial charge on any atom is 0.270 e. The molecule has 1 aliphatic heterocycles. The molecule has 0 aromatic carbocycles. The van der Waals surface area contributed by atoms with Crippen molar-refractivity contribution >= 4 is 11.7 Å². The largest absolute Gasteiger partial charge is 0.379 e. The number of morpholine rings is 1. The van der Waals surface area contributed by atoms with Gasteiger partial charge in [-0.15, -0.1) is 0 Å². The Morgan fingerprint density at radius 2 is 2.07 bits per heavy atom. The van der Waals surface area contributed by atoms with Gasteiger partial charge in [0.15, 0.2) is 0 Å². The van der Waals surface area contributed by atoms with E-state index in [1.807, 2.05) is 32.0 Å². The topological polar surface area (TPSA) is 97.5 Å². The molecule has 4 heterocycles. The van der Waals surface area contributed by atoms with Crippen LogP contribution in [-0.4, -0.2) is 68.2 Å². The van der Waals surface area contributed by atoms with Crippen LogP contribution in [0.3, 0.4) is 0 Å². The summed E-state index contributed by atoms with van der Waals surface area (Å²) < 4.78 is 7.15. The van der Waals surface area contributed by atoms with E-state index in [4.69, 9.17) is 4.74 Å². The third kappa shape index (κ3) is 4.25. The number of carbonyl (C=O) groups excluding carboxylic acids is 1. The fourth-order valence-electron chi connectivity index (χ4n) is 3.53. The molecule has 29 heavy (non-hydrogen) atoms. The minimum absolute atomic E-state index is 0.0227. The summed E-state index contributed by atoms with van der Waals surface area (Å²) in [5, 5.41) is 7.24. The number of pyridine rings is 1. The average molecular weight is 395 g/mol. The molecule has 0 spiro atoms.